The quantitative estimate of drug-likeness (QED) is 0.246. The summed E-state index contributed by atoms with van der Waals surface area (Å²) in [5.74, 6) is -0.780. The molecule has 0 atom stereocenters. The maximum Gasteiger partial charge on any atom is 0.378 e. The van der Waals surface area contributed by atoms with Gasteiger partial charge in [-0.2, -0.15) is 0 Å². The summed E-state index contributed by atoms with van der Waals surface area (Å²) in [7, 11) is 0. The number of aryl methyl sites for hydroxylation is 1. The van der Waals surface area contributed by atoms with E-state index in [1.165, 1.54) is 0 Å². The topological polar surface area (TPSA) is 74.1 Å². The van der Waals surface area contributed by atoms with Gasteiger partial charge in [0.1, 0.15) is 0 Å². The molecule has 1 heterocycles. The Morgan fingerprint density at radius 3 is 2.44 bits per heavy atom. The van der Waals surface area contributed by atoms with Crippen LogP contribution in [-0.4, -0.2) is 33.1 Å². The Morgan fingerprint density at radius 2 is 1.75 bits per heavy atom. The van der Waals surface area contributed by atoms with Crippen molar-refractivity contribution in [2.24, 2.45) is 0 Å². The fourth-order valence-electron chi connectivity index (χ4n) is 3.04. The maximum absolute atomic E-state index is 12.6. The zero-order valence-corrected chi connectivity index (χ0v) is 19.3. The lowest BCUT2D eigenvalue weighted by atomic mass is 10.1. The van der Waals surface area contributed by atoms with E-state index in [2.05, 4.69) is 26.0 Å². The molecule has 6 nitrogen and oxygen atoms in total. The zero-order chi connectivity index (χ0) is 22.7. The molecule has 0 saturated heterocycles. The van der Waals surface area contributed by atoms with Crippen molar-refractivity contribution in [1.82, 2.24) is 14.8 Å². The average Bonchev–Trinajstić information content (AvgIpc) is 3.24. The predicted octanol–water partition coefficient (Wildman–Crippen LogP) is 5.70. The minimum absolute atomic E-state index is 0.139. The molecule has 3 aromatic carbocycles. The second kappa shape index (κ2) is 9.46. The molecule has 0 aliphatic rings. The number of aromatic nitrogens is 3. The van der Waals surface area contributed by atoms with Crippen LogP contribution >= 0.6 is 27.5 Å². The van der Waals surface area contributed by atoms with Gasteiger partial charge in [-0.1, -0.05) is 51.8 Å². The third kappa shape index (κ3) is 4.95. The van der Waals surface area contributed by atoms with Crippen molar-refractivity contribution in [2.75, 3.05) is 6.61 Å². The number of hydrogen-bond donors (Lipinski definition) is 0. The minimum Gasteiger partial charge on any atom is -0.451 e. The number of nitrogens with zero attached hydrogens (tertiary/aromatic N) is 3. The maximum atomic E-state index is 12.6. The van der Waals surface area contributed by atoms with Crippen molar-refractivity contribution in [3.63, 3.8) is 0 Å². The molecule has 0 radical (unpaired) electrons. The predicted molar refractivity (Wildman–Crippen MR) is 125 cm³/mol. The fourth-order valence-corrected chi connectivity index (χ4v) is 3.43. The van der Waals surface area contributed by atoms with Crippen molar-refractivity contribution < 1.29 is 14.3 Å². The highest BCUT2D eigenvalue weighted by Gasteiger charge is 2.21. The molecule has 0 N–H and O–H groups in total. The molecule has 4 rings (SSSR count). The highest BCUT2D eigenvalue weighted by Crippen LogP contribution is 2.24. The monoisotopic (exact) mass is 509 g/mol. The molecule has 0 bridgehead atoms. The molecule has 0 amide bonds. The Balaban J connectivity index is 1.61. The van der Waals surface area contributed by atoms with E-state index < -0.39 is 12.6 Å². The number of ketones is 1. The third-order valence-corrected chi connectivity index (χ3v) is 5.42. The van der Waals surface area contributed by atoms with Gasteiger partial charge in [-0.25, -0.2) is 14.5 Å². The molecule has 0 saturated carbocycles. The molecular formula is C24H17BrClN3O3. The van der Waals surface area contributed by atoms with E-state index in [0.717, 1.165) is 21.3 Å². The number of esters is 1. The number of Topliss-reactive ketones (excluding diaryl/α,β-unsaturated/α-hetero) is 1. The number of halogens is 2. The molecule has 0 aliphatic heterocycles. The summed E-state index contributed by atoms with van der Waals surface area (Å²) in [5.41, 5.74) is 2.95. The van der Waals surface area contributed by atoms with E-state index in [1.54, 1.807) is 53.2 Å². The molecule has 160 valence electrons. The van der Waals surface area contributed by atoms with Gasteiger partial charge in [0.25, 0.3) is 5.82 Å². The largest absolute Gasteiger partial charge is 0.451 e. The molecule has 0 fully saturated rings. The first-order valence-corrected chi connectivity index (χ1v) is 10.8. The van der Waals surface area contributed by atoms with Gasteiger partial charge >= 0.3 is 5.97 Å². The molecule has 1 aromatic heterocycles. The Hall–Kier alpha value is -3.29. The van der Waals surface area contributed by atoms with Crippen LogP contribution in [0.2, 0.25) is 5.02 Å². The summed E-state index contributed by atoms with van der Waals surface area (Å²) in [5, 5.41) is 4.95. The smallest absolute Gasteiger partial charge is 0.378 e. The van der Waals surface area contributed by atoms with Crippen molar-refractivity contribution in [2.45, 2.75) is 6.92 Å². The van der Waals surface area contributed by atoms with Gasteiger partial charge in [-0.05, 0) is 61.0 Å². The lowest BCUT2D eigenvalue weighted by Crippen LogP contribution is -2.15. The number of carbonyl (C=O) groups is 2. The van der Waals surface area contributed by atoms with Crippen molar-refractivity contribution >= 4 is 39.3 Å². The zero-order valence-electron chi connectivity index (χ0n) is 17.0. The summed E-state index contributed by atoms with van der Waals surface area (Å²) >= 11 is 9.33. The first kappa shape index (κ1) is 21.9. The van der Waals surface area contributed by atoms with E-state index >= 15 is 0 Å². The molecule has 32 heavy (non-hydrogen) atoms. The van der Waals surface area contributed by atoms with Crippen LogP contribution in [0.15, 0.2) is 77.3 Å². The fraction of sp³-hybridized carbons (Fsp3) is 0.0833. The van der Waals surface area contributed by atoms with Crippen LogP contribution in [0.3, 0.4) is 0 Å². The van der Waals surface area contributed by atoms with Gasteiger partial charge in [-0.3, -0.25) is 4.79 Å². The molecule has 0 aliphatic carbocycles. The SMILES string of the molecule is Cc1cccc(-n2nc(C(=O)OCC(=O)c3ccc(Br)cc3)nc2-c2ccc(Cl)cc2)c1. The van der Waals surface area contributed by atoms with E-state index in [9.17, 15) is 9.59 Å². The minimum atomic E-state index is -0.780. The second-order valence-corrected chi connectivity index (χ2v) is 8.38. The molecule has 0 spiro atoms. The summed E-state index contributed by atoms with van der Waals surface area (Å²) < 4.78 is 7.62. The van der Waals surface area contributed by atoms with Crippen LogP contribution in [0.5, 0.6) is 0 Å². The van der Waals surface area contributed by atoms with Crippen LogP contribution in [0.25, 0.3) is 17.1 Å². The van der Waals surface area contributed by atoms with Crippen LogP contribution in [-0.2, 0) is 4.74 Å². The Morgan fingerprint density at radius 1 is 1.03 bits per heavy atom. The van der Waals surface area contributed by atoms with Gasteiger partial charge < -0.3 is 4.74 Å². The average molecular weight is 511 g/mol. The Labute approximate surface area is 197 Å². The number of benzene rings is 3. The van der Waals surface area contributed by atoms with E-state index in [4.69, 9.17) is 16.3 Å². The van der Waals surface area contributed by atoms with Crippen molar-refractivity contribution in [1.29, 1.82) is 0 Å². The first-order valence-electron chi connectivity index (χ1n) is 9.66. The van der Waals surface area contributed by atoms with Gasteiger partial charge in [0.2, 0.25) is 0 Å². The van der Waals surface area contributed by atoms with Gasteiger partial charge in [-0.15, -0.1) is 5.10 Å². The normalized spacial score (nSPS) is 10.7. The van der Waals surface area contributed by atoms with E-state index in [-0.39, 0.29) is 11.6 Å². The van der Waals surface area contributed by atoms with Crippen LogP contribution in [0, 0.1) is 6.92 Å². The standard InChI is InChI=1S/C24H17BrClN3O3/c1-15-3-2-4-20(13-15)29-23(17-7-11-19(26)12-8-17)27-22(28-29)24(31)32-14-21(30)16-5-9-18(25)10-6-16/h2-13H,14H2,1H3. The molecule has 8 heteroatoms. The van der Waals surface area contributed by atoms with Crippen molar-refractivity contribution in [3.8, 4) is 17.1 Å². The van der Waals surface area contributed by atoms with Crippen LogP contribution in [0.4, 0.5) is 0 Å². The van der Waals surface area contributed by atoms with Gasteiger partial charge in [0, 0.05) is 20.6 Å². The molecule has 0 unspecified atom stereocenters. The van der Waals surface area contributed by atoms with Crippen molar-refractivity contribution in [3.05, 3.63) is 99.2 Å². The number of rotatable bonds is 6. The van der Waals surface area contributed by atoms with Gasteiger partial charge in [0.15, 0.2) is 18.2 Å². The number of ether oxygens (including phenoxy) is 1. The summed E-state index contributed by atoms with van der Waals surface area (Å²) in [6.45, 7) is 1.56. The van der Waals surface area contributed by atoms with Gasteiger partial charge in [0.05, 0.1) is 5.69 Å². The number of hydrogen-bond acceptors (Lipinski definition) is 5. The Bertz CT molecular complexity index is 1280. The number of carbonyl (C=O) groups excluding carboxylic acids is 2. The lowest BCUT2D eigenvalue weighted by Gasteiger charge is -2.06. The summed E-state index contributed by atoms with van der Waals surface area (Å²) in [6.07, 6.45) is 0. The van der Waals surface area contributed by atoms with Crippen LogP contribution < -0.4 is 0 Å². The highest BCUT2D eigenvalue weighted by molar-refractivity contribution is 9.10. The van der Waals surface area contributed by atoms with E-state index in [0.29, 0.717) is 16.4 Å². The summed E-state index contributed by atoms with van der Waals surface area (Å²) in [4.78, 5) is 29.4. The first-order chi connectivity index (χ1) is 15.4. The Kier molecular flexibility index (Phi) is 6.48. The highest BCUT2D eigenvalue weighted by atomic mass is 79.9. The van der Waals surface area contributed by atoms with Crippen LogP contribution in [0.1, 0.15) is 26.5 Å². The molecule has 4 aromatic rings. The third-order valence-electron chi connectivity index (χ3n) is 4.64. The molecular weight excluding hydrogens is 494 g/mol. The van der Waals surface area contributed by atoms with E-state index in [1.807, 2.05) is 31.2 Å². The summed E-state index contributed by atoms with van der Waals surface area (Å²) in [6, 6.07) is 21.5. The lowest BCUT2D eigenvalue weighted by molar-refractivity contribution is 0.0462. The second-order valence-electron chi connectivity index (χ2n) is 7.02.